The lowest BCUT2D eigenvalue weighted by Gasteiger charge is -2.11. The predicted octanol–water partition coefficient (Wildman–Crippen LogP) is 3.11. The predicted molar refractivity (Wildman–Crippen MR) is 93.2 cm³/mol. The van der Waals surface area contributed by atoms with Crippen LogP contribution >= 0.6 is 11.6 Å². The Morgan fingerprint density at radius 2 is 1.71 bits per heavy atom. The molecule has 0 heterocycles. The van der Waals surface area contributed by atoms with E-state index in [1.54, 1.807) is 30.3 Å². The standard InChI is InChI=1S/C18H19ClN2O3/c1-11-5-4-6-14(7-11)18(23)21-20-16(22)10-24-15-8-12(2)17(19)13(3)9-15/h4-9H,10H2,1-3H3,(H,20,22)(H,21,23). The molecule has 0 radical (unpaired) electrons. The van der Waals surface area contributed by atoms with E-state index in [-0.39, 0.29) is 12.5 Å². The number of aryl methyl sites for hydroxylation is 3. The molecular weight excluding hydrogens is 328 g/mol. The second kappa shape index (κ2) is 7.84. The van der Waals surface area contributed by atoms with E-state index >= 15 is 0 Å². The molecule has 0 aliphatic heterocycles. The quantitative estimate of drug-likeness (QED) is 0.836. The molecule has 0 aromatic heterocycles. The number of hydrogen-bond acceptors (Lipinski definition) is 3. The van der Waals surface area contributed by atoms with Crippen molar-refractivity contribution in [2.75, 3.05) is 6.61 Å². The molecule has 2 aromatic rings. The van der Waals surface area contributed by atoms with E-state index in [4.69, 9.17) is 16.3 Å². The van der Waals surface area contributed by atoms with Gasteiger partial charge in [-0.05, 0) is 56.2 Å². The number of hydrazine groups is 1. The summed E-state index contributed by atoms with van der Waals surface area (Å²) < 4.78 is 5.42. The van der Waals surface area contributed by atoms with Crippen molar-refractivity contribution < 1.29 is 14.3 Å². The Labute approximate surface area is 145 Å². The SMILES string of the molecule is Cc1cccc(C(=O)NNC(=O)COc2cc(C)c(Cl)c(C)c2)c1. The van der Waals surface area contributed by atoms with Crippen molar-refractivity contribution >= 4 is 23.4 Å². The van der Waals surface area contributed by atoms with Gasteiger partial charge in [0.25, 0.3) is 11.8 Å². The fraction of sp³-hybridized carbons (Fsp3) is 0.222. The van der Waals surface area contributed by atoms with Crippen LogP contribution in [0.15, 0.2) is 36.4 Å². The average Bonchev–Trinajstić information content (AvgIpc) is 2.55. The van der Waals surface area contributed by atoms with Crippen LogP contribution in [0.5, 0.6) is 5.75 Å². The van der Waals surface area contributed by atoms with Gasteiger partial charge in [-0.1, -0.05) is 29.3 Å². The maximum Gasteiger partial charge on any atom is 0.276 e. The van der Waals surface area contributed by atoms with Gasteiger partial charge in [0, 0.05) is 10.6 Å². The van der Waals surface area contributed by atoms with Crippen LogP contribution in [0.4, 0.5) is 0 Å². The molecule has 2 amide bonds. The van der Waals surface area contributed by atoms with E-state index in [9.17, 15) is 9.59 Å². The summed E-state index contributed by atoms with van der Waals surface area (Å²) in [4.78, 5) is 23.7. The first-order valence-electron chi connectivity index (χ1n) is 7.42. The van der Waals surface area contributed by atoms with Gasteiger partial charge in [0.2, 0.25) is 0 Å². The van der Waals surface area contributed by atoms with E-state index < -0.39 is 5.91 Å². The second-order valence-electron chi connectivity index (χ2n) is 5.53. The van der Waals surface area contributed by atoms with Gasteiger partial charge in [-0.25, -0.2) is 0 Å². The molecule has 126 valence electrons. The molecule has 0 saturated heterocycles. The van der Waals surface area contributed by atoms with Gasteiger partial charge in [0.05, 0.1) is 0 Å². The molecule has 0 bridgehead atoms. The minimum absolute atomic E-state index is 0.214. The summed E-state index contributed by atoms with van der Waals surface area (Å²) >= 11 is 6.08. The summed E-state index contributed by atoms with van der Waals surface area (Å²) in [5.41, 5.74) is 7.86. The van der Waals surface area contributed by atoms with Crippen molar-refractivity contribution in [1.29, 1.82) is 0 Å². The number of amides is 2. The first-order valence-corrected chi connectivity index (χ1v) is 7.80. The maximum atomic E-state index is 11.9. The highest BCUT2D eigenvalue weighted by Crippen LogP contribution is 2.25. The summed E-state index contributed by atoms with van der Waals surface area (Å²) in [5.74, 6) is -0.291. The van der Waals surface area contributed by atoms with Gasteiger partial charge in [-0.15, -0.1) is 0 Å². The van der Waals surface area contributed by atoms with Gasteiger partial charge >= 0.3 is 0 Å². The third-order valence-corrected chi connectivity index (χ3v) is 3.97. The smallest absolute Gasteiger partial charge is 0.276 e. The third kappa shape index (κ3) is 4.73. The number of carbonyl (C=O) groups is 2. The first kappa shape index (κ1) is 17.8. The van der Waals surface area contributed by atoms with Crippen LogP contribution in [0.3, 0.4) is 0 Å². The fourth-order valence-electron chi connectivity index (χ4n) is 2.16. The molecule has 2 N–H and O–H groups in total. The largest absolute Gasteiger partial charge is 0.484 e. The number of carbonyl (C=O) groups excluding carboxylic acids is 2. The minimum Gasteiger partial charge on any atom is -0.484 e. The second-order valence-corrected chi connectivity index (χ2v) is 5.91. The van der Waals surface area contributed by atoms with Crippen LogP contribution in [0, 0.1) is 20.8 Å². The molecule has 0 aliphatic rings. The van der Waals surface area contributed by atoms with Gasteiger partial charge < -0.3 is 4.74 Å². The van der Waals surface area contributed by atoms with E-state index in [1.165, 1.54) is 0 Å². The number of benzene rings is 2. The summed E-state index contributed by atoms with van der Waals surface area (Å²) in [6.45, 7) is 5.41. The zero-order chi connectivity index (χ0) is 17.7. The molecule has 0 unspecified atom stereocenters. The highest BCUT2D eigenvalue weighted by Gasteiger charge is 2.09. The van der Waals surface area contributed by atoms with Crippen molar-refractivity contribution in [2.24, 2.45) is 0 Å². The molecule has 0 atom stereocenters. The molecule has 0 fully saturated rings. The summed E-state index contributed by atoms with van der Waals surface area (Å²) in [6, 6.07) is 10.6. The van der Waals surface area contributed by atoms with Crippen molar-refractivity contribution in [3.8, 4) is 5.75 Å². The Kier molecular flexibility index (Phi) is 5.82. The third-order valence-electron chi connectivity index (χ3n) is 3.38. The van der Waals surface area contributed by atoms with Gasteiger partial charge in [-0.3, -0.25) is 20.4 Å². The van der Waals surface area contributed by atoms with Crippen LogP contribution < -0.4 is 15.6 Å². The van der Waals surface area contributed by atoms with Gasteiger partial charge in [-0.2, -0.15) is 0 Å². The lowest BCUT2D eigenvalue weighted by Crippen LogP contribution is -2.43. The molecule has 2 aromatic carbocycles. The number of nitrogens with one attached hydrogen (secondary N) is 2. The Bertz CT molecular complexity index is 752. The number of halogens is 1. The first-order chi connectivity index (χ1) is 11.4. The molecule has 5 nitrogen and oxygen atoms in total. The van der Waals surface area contributed by atoms with E-state index in [0.717, 1.165) is 16.7 Å². The summed E-state index contributed by atoms with van der Waals surface area (Å²) in [7, 11) is 0. The summed E-state index contributed by atoms with van der Waals surface area (Å²) in [5, 5.41) is 0.678. The Balaban J connectivity index is 1.84. The van der Waals surface area contributed by atoms with Crippen molar-refractivity contribution in [2.45, 2.75) is 20.8 Å². The van der Waals surface area contributed by atoms with E-state index in [0.29, 0.717) is 16.3 Å². The molecule has 0 spiro atoms. The Hall–Kier alpha value is -2.53. The molecule has 0 saturated carbocycles. The zero-order valence-electron chi connectivity index (χ0n) is 13.8. The van der Waals surface area contributed by atoms with E-state index in [1.807, 2.05) is 26.8 Å². The molecular formula is C18H19ClN2O3. The number of rotatable bonds is 4. The molecule has 2 rings (SSSR count). The van der Waals surface area contributed by atoms with Crippen LogP contribution in [-0.2, 0) is 4.79 Å². The average molecular weight is 347 g/mol. The maximum absolute atomic E-state index is 11.9. The number of ether oxygens (including phenoxy) is 1. The lowest BCUT2D eigenvalue weighted by atomic mass is 10.1. The van der Waals surface area contributed by atoms with Crippen LogP contribution in [0.1, 0.15) is 27.0 Å². The highest BCUT2D eigenvalue weighted by molar-refractivity contribution is 6.32. The molecule has 24 heavy (non-hydrogen) atoms. The van der Waals surface area contributed by atoms with Crippen LogP contribution in [-0.4, -0.2) is 18.4 Å². The van der Waals surface area contributed by atoms with Crippen LogP contribution in [0.25, 0.3) is 0 Å². The van der Waals surface area contributed by atoms with E-state index in [2.05, 4.69) is 10.9 Å². The van der Waals surface area contributed by atoms with Crippen LogP contribution in [0.2, 0.25) is 5.02 Å². The lowest BCUT2D eigenvalue weighted by molar-refractivity contribution is -0.123. The molecule has 0 aliphatic carbocycles. The van der Waals surface area contributed by atoms with Crippen molar-refractivity contribution in [3.63, 3.8) is 0 Å². The Morgan fingerprint density at radius 1 is 1.04 bits per heavy atom. The normalized spacial score (nSPS) is 10.2. The number of hydrogen-bond donors (Lipinski definition) is 2. The fourth-order valence-corrected chi connectivity index (χ4v) is 2.27. The van der Waals surface area contributed by atoms with Gasteiger partial charge in [0.1, 0.15) is 5.75 Å². The van der Waals surface area contributed by atoms with Gasteiger partial charge in [0.15, 0.2) is 6.61 Å². The van der Waals surface area contributed by atoms with Crippen molar-refractivity contribution in [3.05, 3.63) is 63.7 Å². The topological polar surface area (TPSA) is 67.4 Å². The monoisotopic (exact) mass is 346 g/mol. The highest BCUT2D eigenvalue weighted by atomic mass is 35.5. The Morgan fingerprint density at radius 3 is 2.33 bits per heavy atom. The summed E-state index contributed by atoms with van der Waals surface area (Å²) in [6.07, 6.45) is 0. The van der Waals surface area contributed by atoms with Crippen molar-refractivity contribution in [1.82, 2.24) is 10.9 Å². The minimum atomic E-state index is -0.457. The molecule has 6 heteroatoms. The zero-order valence-corrected chi connectivity index (χ0v) is 14.5.